The second-order valence-corrected chi connectivity index (χ2v) is 4.36. The van der Waals surface area contributed by atoms with Gasteiger partial charge >= 0.3 is 0 Å². The highest BCUT2D eigenvalue weighted by Gasteiger charge is 2.15. The molecule has 0 amide bonds. The first kappa shape index (κ1) is 12.8. The molecule has 1 N–H and O–H groups in total. The Labute approximate surface area is 104 Å². The molecule has 98 valence electrons. The minimum Gasteiger partial charge on any atom is -0.492 e. The Balaban J connectivity index is 1.97. The third-order valence-corrected chi connectivity index (χ3v) is 2.93. The molecule has 1 atom stereocenters. The molecule has 1 aromatic carbocycles. The first-order chi connectivity index (χ1) is 8.65. The van der Waals surface area contributed by atoms with Crippen molar-refractivity contribution in [3.63, 3.8) is 0 Å². The average molecular weight is 254 g/mol. The predicted molar refractivity (Wildman–Crippen MR) is 64.2 cm³/mol. The maximum Gasteiger partial charge on any atom is 0.276 e. The lowest BCUT2D eigenvalue weighted by molar-refractivity contribution is -0.385. The van der Waals surface area contributed by atoms with Gasteiger partial charge in [-0.15, -0.1) is 0 Å². The highest BCUT2D eigenvalue weighted by molar-refractivity contribution is 5.38. The van der Waals surface area contributed by atoms with Crippen LogP contribution in [0.3, 0.4) is 0 Å². The van der Waals surface area contributed by atoms with Crippen molar-refractivity contribution in [2.24, 2.45) is 0 Å². The molecule has 0 saturated carbocycles. The van der Waals surface area contributed by atoms with Gasteiger partial charge in [0.05, 0.1) is 17.1 Å². The van der Waals surface area contributed by atoms with Gasteiger partial charge < -0.3 is 10.1 Å². The van der Waals surface area contributed by atoms with Crippen LogP contribution in [0.1, 0.15) is 19.3 Å². The van der Waals surface area contributed by atoms with Crippen LogP contribution in [0.15, 0.2) is 18.2 Å². The molecular weight excluding hydrogens is 239 g/mol. The summed E-state index contributed by atoms with van der Waals surface area (Å²) in [5.41, 5.74) is -0.290. The van der Waals surface area contributed by atoms with Gasteiger partial charge in [-0.3, -0.25) is 10.1 Å². The highest BCUT2D eigenvalue weighted by atomic mass is 19.1. The molecular formula is C12H15FN2O3. The molecule has 1 heterocycles. The second kappa shape index (κ2) is 5.77. The number of ether oxygens (including phenoxy) is 1. The Morgan fingerprint density at radius 1 is 1.44 bits per heavy atom. The smallest absolute Gasteiger partial charge is 0.276 e. The predicted octanol–water partition coefficient (Wildman–Crippen LogP) is 2.25. The van der Waals surface area contributed by atoms with E-state index in [4.69, 9.17) is 4.74 Å². The molecule has 0 aromatic heterocycles. The van der Waals surface area contributed by atoms with Gasteiger partial charge in [0.1, 0.15) is 18.2 Å². The third kappa shape index (κ3) is 3.40. The molecule has 0 spiro atoms. The van der Waals surface area contributed by atoms with Crippen LogP contribution in [-0.4, -0.2) is 24.1 Å². The van der Waals surface area contributed by atoms with Crippen LogP contribution < -0.4 is 10.1 Å². The maximum atomic E-state index is 13.2. The number of hydrogen-bond acceptors (Lipinski definition) is 4. The number of nitrogens with one attached hydrogen (secondary N) is 1. The van der Waals surface area contributed by atoms with Crippen molar-refractivity contribution in [1.29, 1.82) is 0 Å². The summed E-state index contributed by atoms with van der Waals surface area (Å²) in [5.74, 6) is -0.454. The van der Waals surface area contributed by atoms with E-state index in [2.05, 4.69) is 5.32 Å². The van der Waals surface area contributed by atoms with Crippen molar-refractivity contribution in [2.45, 2.75) is 25.3 Å². The lowest BCUT2D eigenvalue weighted by atomic mass is 10.1. The zero-order valence-electron chi connectivity index (χ0n) is 9.89. The van der Waals surface area contributed by atoms with Gasteiger partial charge in [0.2, 0.25) is 0 Å². The molecule has 0 radical (unpaired) electrons. The molecule has 2 rings (SSSR count). The van der Waals surface area contributed by atoms with Crippen LogP contribution in [-0.2, 0) is 0 Å². The number of rotatable bonds is 4. The van der Waals surface area contributed by atoms with Gasteiger partial charge in [0.25, 0.3) is 5.69 Å². The lowest BCUT2D eigenvalue weighted by Gasteiger charge is -2.23. The van der Waals surface area contributed by atoms with Crippen LogP contribution in [0.5, 0.6) is 5.75 Å². The standard InChI is InChI=1S/C12H15FN2O3/c13-9-5-11(15(16)17)7-12(6-9)18-8-10-3-1-2-4-14-10/h5-7,10,14H,1-4,8H2. The molecule has 6 heteroatoms. The van der Waals surface area contributed by atoms with Gasteiger partial charge in [-0.1, -0.05) is 6.42 Å². The highest BCUT2D eigenvalue weighted by Crippen LogP contribution is 2.22. The van der Waals surface area contributed by atoms with Crippen molar-refractivity contribution in [2.75, 3.05) is 13.2 Å². The largest absolute Gasteiger partial charge is 0.492 e. The molecule has 1 saturated heterocycles. The number of nitrogens with zero attached hydrogens (tertiary/aromatic N) is 1. The van der Waals surface area contributed by atoms with E-state index in [-0.39, 0.29) is 17.5 Å². The third-order valence-electron chi connectivity index (χ3n) is 2.93. The minimum atomic E-state index is -0.657. The Hall–Kier alpha value is -1.69. The van der Waals surface area contributed by atoms with Crippen LogP contribution in [0, 0.1) is 15.9 Å². The van der Waals surface area contributed by atoms with Crippen LogP contribution in [0.25, 0.3) is 0 Å². The molecule has 0 aliphatic carbocycles. The zero-order chi connectivity index (χ0) is 13.0. The molecule has 18 heavy (non-hydrogen) atoms. The van der Waals surface area contributed by atoms with E-state index >= 15 is 0 Å². The van der Waals surface area contributed by atoms with Gasteiger partial charge in [-0.2, -0.15) is 0 Å². The Morgan fingerprint density at radius 2 is 2.28 bits per heavy atom. The maximum absolute atomic E-state index is 13.2. The molecule has 1 aliphatic rings. The van der Waals surface area contributed by atoms with E-state index in [1.165, 1.54) is 6.07 Å². The number of non-ortho nitro benzene ring substituents is 1. The van der Waals surface area contributed by atoms with E-state index in [1.807, 2.05) is 0 Å². The fourth-order valence-electron chi connectivity index (χ4n) is 2.00. The van der Waals surface area contributed by atoms with Gasteiger partial charge in [0.15, 0.2) is 0 Å². The normalized spacial score (nSPS) is 19.5. The van der Waals surface area contributed by atoms with Gasteiger partial charge in [-0.25, -0.2) is 4.39 Å². The summed E-state index contributed by atoms with van der Waals surface area (Å²) in [4.78, 5) is 9.95. The summed E-state index contributed by atoms with van der Waals surface area (Å²) in [5, 5.41) is 13.9. The minimum absolute atomic E-state index is 0.203. The number of benzene rings is 1. The van der Waals surface area contributed by atoms with Crippen molar-refractivity contribution < 1.29 is 14.1 Å². The summed E-state index contributed by atoms with van der Waals surface area (Å²) in [7, 11) is 0. The second-order valence-electron chi connectivity index (χ2n) is 4.36. The van der Waals surface area contributed by atoms with E-state index in [0.29, 0.717) is 6.61 Å². The summed E-state index contributed by atoms with van der Waals surface area (Å²) >= 11 is 0. The molecule has 1 aliphatic heterocycles. The van der Waals surface area contributed by atoms with Crippen molar-refractivity contribution in [1.82, 2.24) is 5.32 Å². The number of nitro groups is 1. The van der Waals surface area contributed by atoms with Gasteiger partial charge in [0, 0.05) is 12.1 Å². The van der Waals surface area contributed by atoms with E-state index in [1.54, 1.807) is 0 Å². The Morgan fingerprint density at radius 3 is 2.94 bits per heavy atom. The first-order valence-corrected chi connectivity index (χ1v) is 5.96. The summed E-state index contributed by atoms with van der Waals surface area (Å²) < 4.78 is 18.6. The van der Waals surface area contributed by atoms with E-state index in [9.17, 15) is 14.5 Å². The van der Waals surface area contributed by atoms with E-state index in [0.717, 1.165) is 37.9 Å². The number of nitro benzene ring substituents is 1. The molecule has 1 fully saturated rings. The SMILES string of the molecule is O=[N+]([O-])c1cc(F)cc(OCC2CCCCN2)c1. The van der Waals surface area contributed by atoms with Crippen LogP contribution >= 0.6 is 0 Å². The average Bonchev–Trinajstić information content (AvgIpc) is 2.37. The fourth-order valence-corrected chi connectivity index (χ4v) is 2.00. The van der Waals surface area contributed by atoms with Crippen LogP contribution in [0.4, 0.5) is 10.1 Å². The molecule has 1 unspecified atom stereocenters. The summed E-state index contributed by atoms with van der Waals surface area (Å²) in [6, 6.07) is 3.52. The number of halogens is 1. The van der Waals surface area contributed by atoms with Crippen molar-refractivity contribution in [3.8, 4) is 5.75 Å². The van der Waals surface area contributed by atoms with Crippen molar-refractivity contribution >= 4 is 5.69 Å². The van der Waals surface area contributed by atoms with Crippen LogP contribution in [0.2, 0.25) is 0 Å². The summed E-state index contributed by atoms with van der Waals surface area (Å²) in [6.07, 6.45) is 3.31. The molecule has 5 nitrogen and oxygen atoms in total. The zero-order valence-corrected chi connectivity index (χ0v) is 9.89. The molecule has 1 aromatic rings. The monoisotopic (exact) mass is 254 g/mol. The Kier molecular flexibility index (Phi) is 4.09. The van der Waals surface area contributed by atoms with E-state index < -0.39 is 10.7 Å². The topological polar surface area (TPSA) is 64.4 Å². The number of hydrogen-bond donors (Lipinski definition) is 1. The summed E-state index contributed by atoms with van der Waals surface area (Å²) in [6.45, 7) is 1.36. The first-order valence-electron chi connectivity index (χ1n) is 5.96. The fraction of sp³-hybridized carbons (Fsp3) is 0.500. The quantitative estimate of drug-likeness (QED) is 0.661. The number of piperidine rings is 1. The van der Waals surface area contributed by atoms with Gasteiger partial charge in [-0.05, 0) is 19.4 Å². The lowest BCUT2D eigenvalue weighted by Crippen LogP contribution is -2.38. The molecule has 0 bridgehead atoms. The Bertz CT molecular complexity index is 433. The van der Waals surface area contributed by atoms with Crippen molar-refractivity contribution in [3.05, 3.63) is 34.1 Å².